The van der Waals surface area contributed by atoms with Gasteiger partial charge in [-0.25, -0.2) is 0 Å². The van der Waals surface area contributed by atoms with Crippen LogP contribution in [0.25, 0.3) is 0 Å². The molecule has 0 spiro atoms. The summed E-state index contributed by atoms with van der Waals surface area (Å²) in [6, 6.07) is 7.93. The number of ether oxygens (including phenoxy) is 1. The minimum atomic E-state index is 0.105. The zero-order chi connectivity index (χ0) is 16.2. The zero-order valence-corrected chi connectivity index (χ0v) is 14.3. The van der Waals surface area contributed by atoms with Crippen LogP contribution in [0.1, 0.15) is 42.9 Å². The molecule has 7 nitrogen and oxygen atoms in total. The van der Waals surface area contributed by atoms with Crippen LogP contribution in [-0.4, -0.2) is 20.3 Å². The van der Waals surface area contributed by atoms with Crippen LogP contribution in [0.4, 0.5) is 0 Å². The second kappa shape index (κ2) is 6.91. The molecule has 120 valence electrons. The smallest absolute Gasteiger partial charge is 0.417 e. The van der Waals surface area contributed by atoms with E-state index in [4.69, 9.17) is 13.8 Å². The highest BCUT2D eigenvalue weighted by molar-refractivity contribution is 9.10. The molecular formula is C15H15BrN4O3. The summed E-state index contributed by atoms with van der Waals surface area (Å²) in [4.78, 5) is 8.40. The molecule has 0 aliphatic heterocycles. The van der Waals surface area contributed by atoms with Gasteiger partial charge in [0, 0.05) is 10.4 Å². The molecular weight excluding hydrogens is 364 g/mol. The first-order valence-corrected chi connectivity index (χ1v) is 7.92. The number of rotatable bonds is 6. The van der Waals surface area contributed by atoms with Gasteiger partial charge >= 0.3 is 6.08 Å². The fourth-order valence-electron chi connectivity index (χ4n) is 1.84. The van der Waals surface area contributed by atoms with Crippen molar-refractivity contribution in [3.05, 3.63) is 51.8 Å². The van der Waals surface area contributed by atoms with Gasteiger partial charge in [-0.2, -0.15) is 9.97 Å². The van der Waals surface area contributed by atoms with Crippen molar-refractivity contribution in [2.75, 3.05) is 0 Å². The number of hydrogen-bond acceptors (Lipinski definition) is 7. The second-order valence-electron chi connectivity index (χ2n) is 5.27. The number of aromatic nitrogens is 4. The highest BCUT2D eigenvalue weighted by Crippen LogP contribution is 2.16. The molecule has 1 aromatic carbocycles. The first-order valence-electron chi connectivity index (χ1n) is 7.12. The van der Waals surface area contributed by atoms with E-state index in [2.05, 4.69) is 36.2 Å². The Bertz CT molecular complexity index is 767. The number of benzene rings is 1. The second-order valence-corrected chi connectivity index (χ2v) is 6.19. The Balaban J connectivity index is 1.57. The minimum absolute atomic E-state index is 0.105. The van der Waals surface area contributed by atoms with Gasteiger partial charge < -0.3 is 9.26 Å². The highest BCUT2D eigenvalue weighted by Gasteiger charge is 2.13. The summed E-state index contributed by atoms with van der Waals surface area (Å²) >= 11 is 3.40. The number of hydrogen-bond donors (Lipinski definition) is 0. The van der Waals surface area contributed by atoms with E-state index in [1.54, 1.807) is 0 Å². The van der Waals surface area contributed by atoms with Crippen molar-refractivity contribution in [2.45, 2.75) is 32.8 Å². The molecule has 0 N–H and O–H groups in total. The minimum Gasteiger partial charge on any atom is -0.440 e. The summed E-state index contributed by atoms with van der Waals surface area (Å²) in [5.74, 6) is 1.74. The summed E-state index contributed by atoms with van der Waals surface area (Å²) in [6.07, 6.45) is 0.672. The van der Waals surface area contributed by atoms with Gasteiger partial charge in [-0.3, -0.25) is 4.52 Å². The summed E-state index contributed by atoms with van der Waals surface area (Å²) in [5, 5.41) is 7.69. The van der Waals surface area contributed by atoms with Crippen LogP contribution >= 0.6 is 15.9 Å². The quantitative estimate of drug-likeness (QED) is 0.648. The van der Waals surface area contributed by atoms with E-state index < -0.39 is 0 Å². The molecule has 0 radical (unpaired) electrons. The lowest BCUT2D eigenvalue weighted by atomic mass is 10.1. The van der Waals surface area contributed by atoms with Crippen molar-refractivity contribution in [3.8, 4) is 6.08 Å². The topological polar surface area (TPSA) is 87.1 Å². The lowest BCUT2D eigenvalue weighted by molar-refractivity contribution is 0.187. The Morgan fingerprint density at radius 3 is 2.57 bits per heavy atom. The fraction of sp³-hybridized carbons (Fsp3) is 0.333. The Hall–Kier alpha value is -2.22. The largest absolute Gasteiger partial charge is 0.440 e. The normalized spacial score (nSPS) is 11.1. The fourth-order valence-corrected chi connectivity index (χ4v) is 2.10. The molecule has 2 heterocycles. The van der Waals surface area contributed by atoms with E-state index in [9.17, 15) is 0 Å². The molecule has 0 saturated heterocycles. The van der Waals surface area contributed by atoms with E-state index in [1.807, 2.05) is 38.1 Å². The van der Waals surface area contributed by atoms with Crippen molar-refractivity contribution >= 4 is 15.9 Å². The maximum atomic E-state index is 5.37. The van der Waals surface area contributed by atoms with Gasteiger partial charge in [-0.1, -0.05) is 52.2 Å². The number of halogens is 1. The maximum Gasteiger partial charge on any atom is 0.417 e. The molecule has 0 aliphatic rings. The van der Waals surface area contributed by atoms with Crippen LogP contribution in [0.15, 0.2) is 37.8 Å². The van der Waals surface area contributed by atoms with E-state index in [-0.39, 0.29) is 18.6 Å². The van der Waals surface area contributed by atoms with Crippen LogP contribution in [0.5, 0.6) is 6.08 Å². The van der Waals surface area contributed by atoms with Crippen molar-refractivity contribution in [2.24, 2.45) is 0 Å². The monoisotopic (exact) mass is 378 g/mol. The molecule has 0 atom stereocenters. The van der Waals surface area contributed by atoms with Gasteiger partial charge in [0.15, 0.2) is 12.4 Å². The van der Waals surface area contributed by atoms with Crippen molar-refractivity contribution in [1.29, 1.82) is 0 Å². The molecule has 0 unspecified atom stereocenters. The third-order valence-corrected chi connectivity index (χ3v) is 3.57. The van der Waals surface area contributed by atoms with Gasteiger partial charge in [-0.15, -0.1) is 0 Å². The molecule has 2 aromatic heterocycles. The molecule has 0 aliphatic carbocycles. The van der Waals surface area contributed by atoms with Crippen molar-refractivity contribution < 1.29 is 13.8 Å². The van der Waals surface area contributed by atoms with Gasteiger partial charge in [0.1, 0.15) is 0 Å². The van der Waals surface area contributed by atoms with E-state index in [1.165, 1.54) is 0 Å². The molecule has 0 saturated carbocycles. The Morgan fingerprint density at radius 1 is 1.09 bits per heavy atom. The first-order chi connectivity index (χ1) is 11.1. The number of nitrogens with zero attached hydrogens (tertiary/aromatic N) is 4. The molecule has 0 bridgehead atoms. The molecule has 8 heteroatoms. The summed E-state index contributed by atoms with van der Waals surface area (Å²) < 4.78 is 16.6. The van der Waals surface area contributed by atoms with Crippen LogP contribution in [0, 0.1) is 0 Å². The van der Waals surface area contributed by atoms with Crippen LogP contribution in [0.3, 0.4) is 0 Å². The van der Waals surface area contributed by atoms with Crippen molar-refractivity contribution in [3.63, 3.8) is 0 Å². The SMILES string of the molecule is CC(C)c1noc(OCc2noc(Cc3ccc(Br)cc3)n2)n1. The molecule has 3 aromatic rings. The van der Waals surface area contributed by atoms with E-state index in [0.717, 1.165) is 10.0 Å². The van der Waals surface area contributed by atoms with Crippen LogP contribution in [-0.2, 0) is 13.0 Å². The Labute approximate surface area is 141 Å². The lowest BCUT2D eigenvalue weighted by Gasteiger charge is -1.96. The third kappa shape index (κ3) is 4.16. The Morgan fingerprint density at radius 2 is 1.87 bits per heavy atom. The van der Waals surface area contributed by atoms with Gasteiger partial charge in [-0.05, 0) is 17.7 Å². The first kappa shape index (κ1) is 15.7. The zero-order valence-electron chi connectivity index (χ0n) is 12.7. The average molecular weight is 379 g/mol. The molecule has 0 amide bonds. The highest BCUT2D eigenvalue weighted by atomic mass is 79.9. The molecule has 23 heavy (non-hydrogen) atoms. The van der Waals surface area contributed by atoms with Gasteiger partial charge in [0.25, 0.3) is 0 Å². The van der Waals surface area contributed by atoms with E-state index in [0.29, 0.717) is 24.0 Å². The Kier molecular flexibility index (Phi) is 4.71. The van der Waals surface area contributed by atoms with Crippen LogP contribution < -0.4 is 4.74 Å². The van der Waals surface area contributed by atoms with Crippen molar-refractivity contribution in [1.82, 2.24) is 20.3 Å². The maximum absolute atomic E-state index is 5.37. The van der Waals surface area contributed by atoms with E-state index >= 15 is 0 Å². The predicted octanol–water partition coefficient (Wildman–Crippen LogP) is 3.51. The summed E-state index contributed by atoms with van der Waals surface area (Å²) in [6.45, 7) is 4.06. The summed E-state index contributed by atoms with van der Waals surface area (Å²) in [7, 11) is 0. The van der Waals surface area contributed by atoms with Gasteiger partial charge in [0.2, 0.25) is 11.7 Å². The van der Waals surface area contributed by atoms with Gasteiger partial charge in [0.05, 0.1) is 6.42 Å². The van der Waals surface area contributed by atoms with Crippen LogP contribution in [0.2, 0.25) is 0 Å². The summed E-state index contributed by atoms with van der Waals surface area (Å²) in [5.41, 5.74) is 1.09. The average Bonchev–Trinajstić information content (AvgIpc) is 3.17. The molecule has 0 fully saturated rings. The molecule has 3 rings (SSSR count). The predicted molar refractivity (Wildman–Crippen MR) is 84.0 cm³/mol. The lowest BCUT2D eigenvalue weighted by Crippen LogP contribution is -1.98. The standard InChI is InChI=1S/C15H15BrN4O3/c1-9(2)14-18-15(23-20-14)21-8-12-17-13(22-19-12)7-10-3-5-11(16)6-4-10/h3-6,9H,7-8H2,1-2H3. The third-order valence-electron chi connectivity index (χ3n) is 3.04.